The molecule has 0 aromatic rings. The maximum atomic E-state index is 5.88. The Hall–Kier alpha value is -0.370. The van der Waals surface area contributed by atoms with Gasteiger partial charge in [-0.15, -0.1) is 11.6 Å². The Morgan fingerprint density at radius 3 is 2.88 bits per heavy atom. The van der Waals surface area contributed by atoms with E-state index in [2.05, 4.69) is 16.9 Å². The van der Waals surface area contributed by atoms with E-state index in [4.69, 9.17) is 11.6 Å². The molecule has 0 saturated heterocycles. The highest BCUT2D eigenvalue weighted by atomic mass is 35.5. The highest BCUT2D eigenvalue weighted by Gasteiger charge is 2.01. The molecule has 1 atom stereocenters. The summed E-state index contributed by atoms with van der Waals surface area (Å²) in [6, 6.07) is 0. The fourth-order valence-corrected chi connectivity index (χ4v) is 1.98. The molecular formula is C13H23ClN2. The van der Waals surface area contributed by atoms with Crippen LogP contribution in [0.15, 0.2) is 9.98 Å². The summed E-state index contributed by atoms with van der Waals surface area (Å²) < 4.78 is 0. The molecule has 0 saturated carbocycles. The summed E-state index contributed by atoms with van der Waals surface area (Å²) in [4.78, 5) is 8.83. The van der Waals surface area contributed by atoms with Crippen molar-refractivity contribution in [3.63, 3.8) is 0 Å². The lowest BCUT2D eigenvalue weighted by Crippen LogP contribution is -2.09. The summed E-state index contributed by atoms with van der Waals surface area (Å²) in [5.74, 6) is 0. The van der Waals surface area contributed by atoms with Gasteiger partial charge in [0.15, 0.2) is 0 Å². The van der Waals surface area contributed by atoms with Gasteiger partial charge >= 0.3 is 0 Å². The second kappa shape index (κ2) is 8.74. The van der Waals surface area contributed by atoms with Crippen LogP contribution in [-0.2, 0) is 0 Å². The number of hydrogen-bond acceptors (Lipinski definition) is 2. The molecule has 1 aliphatic heterocycles. The second-order valence-corrected chi connectivity index (χ2v) is 5.24. The lowest BCUT2D eigenvalue weighted by Gasteiger charge is -2.06. The highest BCUT2D eigenvalue weighted by Crippen LogP contribution is 2.09. The van der Waals surface area contributed by atoms with E-state index in [1.807, 2.05) is 6.21 Å². The van der Waals surface area contributed by atoms with Gasteiger partial charge in [-0.1, -0.05) is 19.3 Å². The Morgan fingerprint density at radius 1 is 1.38 bits per heavy atom. The van der Waals surface area contributed by atoms with Crippen LogP contribution < -0.4 is 0 Å². The molecule has 1 unspecified atom stereocenters. The molecule has 0 N–H and O–H groups in total. The van der Waals surface area contributed by atoms with E-state index in [1.54, 1.807) is 0 Å². The number of alkyl halides is 1. The largest absolute Gasteiger partial charge is 0.292 e. The minimum Gasteiger partial charge on any atom is -0.292 e. The fourth-order valence-electron chi connectivity index (χ4n) is 1.83. The molecule has 16 heavy (non-hydrogen) atoms. The first-order valence-corrected chi connectivity index (χ1v) is 6.87. The van der Waals surface area contributed by atoms with Crippen LogP contribution >= 0.6 is 11.6 Å². The Morgan fingerprint density at radius 2 is 2.19 bits per heavy atom. The second-order valence-electron chi connectivity index (χ2n) is 4.49. The van der Waals surface area contributed by atoms with E-state index in [-0.39, 0.29) is 0 Å². The van der Waals surface area contributed by atoms with Crippen molar-refractivity contribution in [2.24, 2.45) is 9.98 Å². The van der Waals surface area contributed by atoms with E-state index < -0.39 is 0 Å². The lowest BCUT2D eigenvalue weighted by atomic mass is 10.1. The van der Waals surface area contributed by atoms with Gasteiger partial charge in [-0.3, -0.25) is 9.98 Å². The molecule has 0 spiro atoms. The maximum absolute atomic E-state index is 5.88. The van der Waals surface area contributed by atoms with Gasteiger partial charge in [0.1, 0.15) is 0 Å². The summed E-state index contributed by atoms with van der Waals surface area (Å²) >= 11 is 5.88. The molecule has 0 aromatic carbocycles. The molecule has 0 fully saturated rings. The van der Waals surface area contributed by atoms with Gasteiger partial charge in [0.2, 0.25) is 0 Å². The highest BCUT2D eigenvalue weighted by molar-refractivity contribution is 6.20. The van der Waals surface area contributed by atoms with Crippen LogP contribution in [-0.4, -0.2) is 30.4 Å². The maximum Gasteiger partial charge on any atom is 0.0764 e. The van der Waals surface area contributed by atoms with Crippen LogP contribution in [0.3, 0.4) is 0 Å². The third kappa shape index (κ3) is 7.00. The van der Waals surface area contributed by atoms with Crippen LogP contribution in [0.5, 0.6) is 0 Å². The predicted octanol–water partition coefficient (Wildman–Crippen LogP) is 3.87. The van der Waals surface area contributed by atoms with Crippen molar-refractivity contribution in [2.75, 3.05) is 13.1 Å². The van der Waals surface area contributed by atoms with E-state index >= 15 is 0 Å². The standard InChI is InChI=1S/C13H23ClN2/c1-12(14)7-4-2-3-5-10-16-13-8-6-9-15-11-13/h9,12H,2-8,10-11H2,1H3. The Bertz CT molecular complexity index is 234. The number of unbranched alkanes of at least 4 members (excludes halogenated alkanes) is 3. The van der Waals surface area contributed by atoms with Crippen molar-refractivity contribution < 1.29 is 0 Å². The van der Waals surface area contributed by atoms with Gasteiger partial charge < -0.3 is 0 Å². The van der Waals surface area contributed by atoms with Crippen molar-refractivity contribution in [2.45, 2.75) is 57.2 Å². The molecular weight excluding hydrogens is 220 g/mol. The van der Waals surface area contributed by atoms with Gasteiger partial charge in [0, 0.05) is 17.6 Å². The van der Waals surface area contributed by atoms with Crippen molar-refractivity contribution in [1.29, 1.82) is 0 Å². The molecule has 92 valence electrons. The Balaban J connectivity index is 1.93. The summed E-state index contributed by atoms with van der Waals surface area (Å²) in [7, 11) is 0. The van der Waals surface area contributed by atoms with Crippen LogP contribution in [0, 0.1) is 0 Å². The van der Waals surface area contributed by atoms with E-state index in [0.29, 0.717) is 5.38 Å². The quantitative estimate of drug-likeness (QED) is 0.478. The summed E-state index contributed by atoms with van der Waals surface area (Å²) in [5, 5.41) is 0.334. The molecule has 1 rings (SSSR count). The number of hydrogen-bond donors (Lipinski definition) is 0. The first-order valence-electron chi connectivity index (χ1n) is 6.43. The van der Waals surface area contributed by atoms with Gasteiger partial charge in [0.25, 0.3) is 0 Å². The molecule has 1 aliphatic rings. The number of rotatable bonds is 7. The first-order chi connectivity index (χ1) is 7.79. The predicted molar refractivity (Wildman–Crippen MR) is 73.3 cm³/mol. The molecule has 2 nitrogen and oxygen atoms in total. The average molecular weight is 243 g/mol. The zero-order chi connectivity index (χ0) is 11.6. The van der Waals surface area contributed by atoms with Crippen molar-refractivity contribution in [3.8, 4) is 0 Å². The third-order valence-electron chi connectivity index (χ3n) is 2.81. The molecule has 0 aromatic heterocycles. The van der Waals surface area contributed by atoms with Crippen molar-refractivity contribution in [1.82, 2.24) is 0 Å². The van der Waals surface area contributed by atoms with E-state index in [0.717, 1.165) is 32.4 Å². The first kappa shape index (κ1) is 13.7. The molecule has 0 bridgehead atoms. The molecule has 0 radical (unpaired) electrons. The monoisotopic (exact) mass is 242 g/mol. The van der Waals surface area contributed by atoms with Crippen molar-refractivity contribution in [3.05, 3.63) is 0 Å². The van der Waals surface area contributed by atoms with Crippen LogP contribution in [0.2, 0.25) is 0 Å². The summed E-state index contributed by atoms with van der Waals surface area (Å²) in [6.07, 6.45) is 10.4. The number of aliphatic imine (C=N–C) groups is 2. The fraction of sp³-hybridized carbons (Fsp3) is 0.846. The zero-order valence-corrected chi connectivity index (χ0v) is 11.0. The summed E-state index contributed by atoms with van der Waals surface area (Å²) in [6.45, 7) is 3.89. The zero-order valence-electron chi connectivity index (χ0n) is 10.3. The third-order valence-corrected chi connectivity index (χ3v) is 3.03. The summed E-state index contributed by atoms with van der Waals surface area (Å²) in [5.41, 5.74) is 1.29. The smallest absolute Gasteiger partial charge is 0.0764 e. The van der Waals surface area contributed by atoms with Crippen molar-refractivity contribution >= 4 is 23.5 Å². The molecule has 0 aliphatic carbocycles. The van der Waals surface area contributed by atoms with E-state index in [1.165, 1.54) is 31.4 Å². The van der Waals surface area contributed by atoms with E-state index in [9.17, 15) is 0 Å². The molecule has 1 heterocycles. The molecule has 0 amide bonds. The van der Waals surface area contributed by atoms with Gasteiger partial charge in [0.05, 0.1) is 6.54 Å². The molecule has 3 heteroatoms. The van der Waals surface area contributed by atoms with Gasteiger partial charge in [-0.25, -0.2) is 0 Å². The average Bonchev–Trinajstić information content (AvgIpc) is 2.29. The van der Waals surface area contributed by atoms with Crippen LogP contribution in [0.1, 0.15) is 51.9 Å². The lowest BCUT2D eigenvalue weighted by molar-refractivity contribution is 0.615. The van der Waals surface area contributed by atoms with Gasteiger partial charge in [-0.2, -0.15) is 0 Å². The topological polar surface area (TPSA) is 24.7 Å². The number of halogens is 1. The Labute approximate surface area is 104 Å². The Kier molecular flexibility index (Phi) is 7.48. The van der Waals surface area contributed by atoms with Crippen LogP contribution in [0.4, 0.5) is 0 Å². The SMILES string of the molecule is CC(Cl)CCCCCCN=C1CCC=NC1. The number of nitrogens with zero attached hydrogens (tertiary/aromatic N) is 2. The van der Waals surface area contributed by atoms with Gasteiger partial charge in [-0.05, 0) is 38.8 Å². The van der Waals surface area contributed by atoms with Crippen LogP contribution in [0.25, 0.3) is 0 Å². The normalized spacial score (nSPS) is 20.2. The minimum absolute atomic E-state index is 0.334. The minimum atomic E-state index is 0.334.